The van der Waals surface area contributed by atoms with Crippen LogP contribution in [0.4, 0.5) is 10.5 Å². The van der Waals surface area contributed by atoms with Gasteiger partial charge in [-0.15, -0.1) is 0 Å². The van der Waals surface area contributed by atoms with Crippen LogP contribution in [0.3, 0.4) is 0 Å². The first kappa shape index (κ1) is 17.3. The summed E-state index contributed by atoms with van der Waals surface area (Å²) in [5.41, 5.74) is 2.58. The van der Waals surface area contributed by atoms with Crippen LogP contribution in [-0.4, -0.2) is 37.0 Å². The standard InChI is InChI=1S/C15H22ClN3O2/c1-5-13(18-19(6-2)15(20)21-7-3)12-10-11(16)8-9-14(12)17-4/h8-10,17H,5-7H2,1-4H3/b18-13-. The second-order valence-electron chi connectivity index (χ2n) is 4.25. The maximum Gasteiger partial charge on any atom is 0.430 e. The Morgan fingerprint density at radius 2 is 2.10 bits per heavy atom. The number of rotatable bonds is 6. The van der Waals surface area contributed by atoms with Crippen molar-refractivity contribution in [1.82, 2.24) is 5.01 Å². The SMILES string of the molecule is CCOC(=O)N(CC)/N=C(/CC)c1cc(Cl)ccc1NC. The number of nitrogens with zero attached hydrogens (tertiary/aromatic N) is 2. The number of benzene rings is 1. The summed E-state index contributed by atoms with van der Waals surface area (Å²) >= 11 is 6.07. The largest absolute Gasteiger partial charge is 0.448 e. The number of hydrogen-bond acceptors (Lipinski definition) is 4. The molecule has 1 amide bonds. The number of carbonyl (C=O) groups excluding carboxylic acids is 1. The van der Waals surface area contributed by atoms with Crippen LogP contribution in [0.25, 0.3) is 0 Å². The summed E-state index contributed by atoms with van der Waals surface area (Å²) in [4.78, 5) is 11.8. The minimum atomic E-state index is -0.445. The van der Waals surface area contributed by atoms with Gasteiger partial charge in [-0.3, -0.25) is 0 Å². The molecule has 1 rings (SSSR count). The molecule has 21 heavy (non-hydrogen) atoms. The van der Waals surface area contributed by atoms with E-state index in [1.807, 2.05) is 39.1 Å². The summed E-state index contributed by atoms with van der Waals surface area (Å²) in [7, 11) is 1.84. The van der Waals surface area contributed by atoms with E-state index < -0.39 is 6.09 Å². The van der Waals surface area contributed by atoms with Crippen LogP contribution >= 0.6 is 11.6 Å². The Morgan fingerprint density at radius 1 is 1.38 bits per heavy atom. The van der Waals surface area contributed by atoms with Crippen molar-refractivity contribution in [2.75, 3.05) is 25.5 Å². The molecule has 1 aromatic carbocycles. The van der Waals surface area contributed by atoms with Gasteiger partial charge in [0, 0.05) is 29.9 Å². The van der Waals surface area contributed by atoms with Gasteiger partial charge in [0.25, 0.3) is 0 Å². The van der Waals surface area contributed by atoms with Gasteiger partial charge in [0.05, 0.1) is 12.3 Å². The highest BCUT2D eigenvalue weighted by atomic mass is 35.5. The van der Waals surface area contributed by atoms with Crippen molar-refractivity contribution in [2.45, 2.75) is 27.2 Å². The van der Waals surface area contributed by atoms with Gasteiger partial charge in [0.1, 0.15) is 0 Å². The monoisotopic (exact) mass is 311 g/mol. The molecule has 0 unspecified atom stereocenters. The molecule has 116 valence electrons. The Bertz CT molecular complexity index is 518. The van der Waals surface area contributed by atoms with E-state index in [0.717, 1.165) is 17.0 Å². The normalized spacial score (nSPS) is 11.2. The van der Waals surface area contributed by atoms with Gasteiger partial charge in [0.2, 0.25) is 0 Å². The maximum atomic E-state index is 11.8. The van der Waals surface area contributed by atoms with Crippen LogP contribution in [0.5, 0.6) is 0 Å². The number of ether oxygens (including phenoxy) is 1. The molecular weight excluding hydrogens is 290 g/mol. The lowest BCUT2D eigenvalue weighted by Crippen LogP contribution is -2.28. The number of nitrogens with one attached hydrogen (secondary N) is 1. The second-order valence-corrected chi connectivity index (χ2v) is 4.69. The lowest BCUT2D eigenvalue weighted by molar-refractivity contribution is 0.110. The fourth-order valence-electron chi connectivity index (χ4n) is 1.87. The van der Waals surface area contributed by atoms with E-state index in [4.69, 9.17) is 16.3 Å². The Morgan fingerprint density at radius 3 is 2.62 bits per heavy atom. The minimum Gasteiger partial charge on any atom is -0.448 e. The van der Waals surface area contributed by atoms with Crippen LogP contribution in [0.1, 0.15) is 32.8 Å². The molecule has 0 aliphatic heterocycles. The Hall–Kier alpha value is -1.75. The fourth-order valence-corrected chi connectivity index (χ4v) is 2.04. The van der Waals surface area contributed by atoms with E-state index in [1.54, 1.807) is 6.92 Å². The highest BCUT2D eigenvalue weighted by Crippen LogP contribution is 2.22. The van der Waals surface area contributed by atoms with Crippen LogP contribution in [-0.2, 0) is 4.74 Å². The lowest BCUT2D eigenvalue weighted by Gasteiger charge is -2.18. The number of halogens is 1. The summed E-state index contributed by atoms with van der Waals surface area (Å²) in [5, 5.41) is 9.49. The summed E-state index contributed by atoms with van der Waals surface area (Å²) in [6.45, 7) is 6.37. The molecule has 0 spiro atoms. The highest BCUT2D eigenvalue weighted by Gasteiger charge is 2.15. The van der Waals surface area contributed by atoms with Crippen LogP contribution < -0.4 is 5.32 Å². The van der Waals surface area contributed by atoms with Crippen molar-refractivity contribution in [3.05, 3.63) is 28.8 Å². The molecule has 0 radical (unpaired) electrons. The van der Waals surface area contributed by atoms with Crippen LogP contribution in [0.2, 0.25) is 5.02 Å². The third-order valence-corrected chi connectivity index (χ3v) is 3.15. The van der Waals surface area contributed by atoms with Crippen molar-refractivity contribution in [1.29, 1.82) is 0 Å². The number of anilines is 1. The zero-order valence-electron chi connectivity index (χ0n) is 12.9. The summed E-state index contributed by atoms with van der Waals surface area (Å²) < 4.78 is 4.99. The fraction of sp³-hybridized carbons (Fsp3) is 0.467. The molecular formula is C15H22ClN3O2. The molecule has 0 atom stereocenters. The smallest absolute Gasteiger partial charge is 0.430 e. The molecule has 0 saturated heterocycles. The molecule has 0 fully saturated rings. The van der Waals surface area contributed by atoms with Crippen LogP contribution in [0, 0.1) is 0 Å². The molecule has 6 heteroatoms. The first-order valence-corrected chi connectivity index (χ1v) is 7.44. The molecule has 1 N–H and O–H groups in total. The number of hydrazone groups is 1. The van der Waals surface area contributed by atoms with Crippen molar-refractivity contribution < 1.29 is 9.53 Å². The Kier molecular flexibility index (Phi) is 7.02. The van der Waals surface area contributed by atoms with E-state index in [9.17, 15) is 4.79 Å². The minimum absolute atomic E-state index is 0.325. The van der Waals surface area contributed by atoms with Gasteiger partial charge in [-0.05, 0) is 38.5 Å². The molecule has 0 bridgehead atoms. The zero-order valence-corrected chi connectivity index (χ0v) is 13.7. The Labute approximate surface area is 130 Å². The number of carbonyl (C=O) groups is 1. The maximum absolute atomic E-state index is 11.8. The topological polar surface area (TPSA) is 53.9 Å². The van der Waals surface area contributed by atoms with E-state index >= 15 is 0 Å². The quantitative estimate of drug-likeness (QED) is 0.638. The molecule has 1 aromatic rings. The van der Waals surface area contributed by atoms with Gasteiger partial charge in [0.15, 0.2) is 0 Å². The molecule has 0 heterocycles. The van der Waals surface area contributed by atoms with Crippen molar-refractivity contribution >= 4 is 29.1 Å². The molecule has 0 aromatic heterocycles. The summed E-state index contributed by atoms with van der Waals surface area (Å²) in [6, 6.07) is 5.55. The molecule has 0 saturated carbocycles. The third kappa shape index (κ3) is 4.63. The predicted octanol–water partition coefficient (Wildman–Crippen LogP) is 3.97. The van der Waals surface area contributed by atoms with Crippen molar-refractivity contribution in [3.63, 3.8) is 0 Å². The van der Waals surface area contributed by atoms with Gasteiger partial charge in [-0.25, -0.2) is 4.79 Å². The Balaban J connectivity index is 3.19. The predicted molar refractivity (Wildman–Crippen MR) is 87.2 cm³/mol. The van der Waals surface area contributed by atoms with Crippen LogP contribution in [0.15, 0.2) is 23.3 Å². The lowest BCUT2D eigenvalue weighted by atomic mass is 10.1. The number of hydrogen-bond donors (Lipinski definition) is 1. The average molecular weight is 312 g/mol. The molecule has 0 aliphatic rings. The van der Waals surface area contributed by atoms with E-state index in [-0.39, 0.29) is 0 Å². The summed E-state index contributed by atoms with van der Waals surface area (Å²) in [6.07, 6.45) is 0.226. The van der Waals surface area contributed by atoms with Crippen molar-refractivity contribution in [3.8, 4) is 0 Å². The molecule has 0 aliphatic carbocycles. The second kappa shape index (κ2) is 8.52. The first-order valence-electron chi connectivity index (χ1n) is 7.06. The summed E-state index contributed by atoms with van der Waals surface area (Å²) in [5.74, 6) is 0. The zero-order chi connectivity index (χ0) is 15.8. The highest BCUT2D eigenvalue weighted by molar-refractivity contribution is 6.31. The van der Waals surface area contributed by atoms with Gasteiger partial charge < -0.3 is 10.1 Å². The van der Waals surface area contributed by atoms with E-state index in [2.05, 4.69) is 10.4 Å². The first-order chi connectivity index (χ1) is 10.1. The number of amides is 1. The average Bonchev–Trinajstić information content (AvgIpc) is 2.48. The van der Waals surface area contributed by atoms with Gasteiger partial charge >= 0.3 is 6.09 Å². The van der Waals surface area contributed by atoms with E-state index in [0.29, 0.717) is 24.6 Å². The third-order valence-electron chi connectivity index (χ3n) is 2.92. The van der Waals surface area contributed by atoms with Crippen molar-refractivity contribution in [2.24, 2.45) is 5.10 Å². The molecule has 5 nitrogen and oxygen atoms in total. The van der Waals surface area contributed by atoms with Gasteiger partial charge in [-0.2, -0.15) is 10.1 Å². The van der Waals surface area contributed by atoms with Gasteiger partial charge in [-0.1, -0.05) is 18.5 Å². The van der Waals surface area contributed by atoms with E-state index in [1.165, 1.54) is 5.01 Å².